The first-order chi connectivity index (χ1) is 3.00. The molecule has 0 heterocycles. The first-order valence-electron chi connectivity index (χ1n) is 1.58. The predicted octanol–water partition coefficient (Wildman–Crippen LogP) is 1.72. The average molecular weight is 256 g/mol. The van der Waals surface area contributed by atoms with Crippen LogP contribution in [0.1, 0.15) is 0 Å². The molecule has 0 atom stereocenters. The Labute approximate surface area is 43.2 Å². The van der Waals surface area contributed by atoms with Gasteiger partial charge in [-0.15, -0.1) is 0 Å². The van der Waals surface area contributed by atoms with Crippen LogP contribution < -0.4 is 0 Å². The second kappa shape index (κ2) is 0.428. The molecule has 3 nitrogen and oxygen atoms in total. The molecule has 0 saturated carbocycles. The van der Waals surface area contributed by atoms with Gasteiger partial charge in [-0.1, -0.05) is 0 Å². The molecule has 0 radical (unpaired) electrons. The van der Waals surface area contributed by atoms with Crippen molar-refractivity contribution in [2.45, 2.75) is 0 Å². The molecule has 0 aliphatic rings. The van der Waals surface area contributed by atoms with Crippen molar-refractivity contribution in [3.8, 4) is 0 Å². The van der Waals surface area contributed by atoms with E-state index in [0.717, 1.165) is 0 Å². The standard InChI is InChI=1S/6FH.Nb.H2O.2O/h6*1H;;1H2;;/q;;;;;;+7;;;/p-7. The van der Waals surface area contributed by atoms with Crippen LogP contribution in [0.5, 0.6) is 0 Å². The van der Waals surface area contributed by atoms with Crippen molar-refractivity contribution >= 4 is 0 Å². The molecule has 0 unspecified atom stereocenters. The monoisotopic (exact) mass is 256 g/mol. The summed E-state index contributed by atoms with van der Waals surface area (Å²) in [5.41, 5.74) is 0. The summed E-state index contributed by atoms with van der Waals surface area (Å²) in [6, 6.07) is 0. The summed E-state index contributed by atoms with van der Waals surface area (Å²) in [5.74, 6) is 0. The van der Waals surface area contributed by atoms with E-state index >= 15 is 0 Å². The molecule has 0 fully saturated rings. The Balaban J connectivity index is 7.41. The number of hydrogen-bond donors (Lipinski definition) is 1. The van der Waals surface area contributed by atoms with Crippen LogP contribution >= 0.6 is 0 Å². The summed E-state index contributed by atoms with van der Waals surface area (Å²) in [5, 5.41) is 0. The third-order valence-corrected chi connectivity index (χ3v) is 0. The Morgan fingerprint density at radius 1 is 0.800 bits per heavy atom. The van der Waals surface area contributed by atoms with Gasteiger partial charge in [0.05, 0.1) is 0 Å². The van der Waals surface area contributed by atoms with Gasteiger partial charge in [-0.05, 0) is 0 Å². The van der Waals surface area contributed by atoms with Gasteiger partial charge in [0.15, 0.2) is 0 Å². The van der Waals surface area contributed by atoms with Crippen molar-refractivity contribution in [1.29, 1.82) is 0 Å². The number of rotatable bonds is 0. The minimum absolute atomic E-state index is 5.89. The van der Waals surface area contributed by atoms with Crippen molar-refractivity contribution in [1.82, 2.24) is 0 Å². The molecule has 10 heteroatoms. The first-order valence-corrected chi connectivity index (χ1v) is 9.34. The molecule has 0 aliphatic carbocycles. The molecule has 0 aromatic heterocycles. The quantitative estimate of drug-likeness (QED) is 0.530. The van der Waals surface area contributed by atoms with E-state index in [4.69, 9.17) is 10.1 Å². The average Bonchev–Trinajstić information content (AvgIpc) is 0.469. The fourth-order valence-corrected chi connectivity index (χ4v) is 0. The van der Waals surface area contributed by atoms with Gasteiger partial charge >= 0.3 is 42.5 Å². The Bertz CT molecular complexity index is 412. The van der Waals surface area contributed by atoms with E-state index in [1.807, 2.05) is 0 Å². The SMILES string of the molecule is [O]=[Nb](=[O])([OH])([F])([F])([F])([F])([F])[F]. The van der Waals surface area contributed by atoms with Gasteiger partial charge in [-0.2, -0.15) is 0 Å². The van der Waals surface area contributed by atoms with Crippen molar-refractivity contribution < 1.29 is 42.5 Å². The van der Waals surface area contributed by atoms with Gasteiger partial charge in [0.2, 0.25) is 0 Å². The normalized spacial score (nSPS) is 34.9. The Morgan fingerprint density at radius 2 is 0.800 bits per heavy atom. The van der Waals surface area contributed by atoms with E-state index in [1.165, 1.54) is 0 Å². The summed E-state index contributed by atoms with van der Waals surface area (Å²) in [6.45, 7) is 0. The van der Waals surface area contributed by atoms with Crippen LogP contribution in [-0.4, -0.2) is 3.61 Å². The summed E-state index contributed by atoms with van der Waals surface area (Å²) < 4.78 is 84.6. The third kappa shape index (κ3) is 26000. The van der Waals surface area contributed by atoms with E-state index in [1.54, 1.807) is 0 Å². The van der Waals surface area contributed by atoms with Crippen LogP contribution in [0, 0.1) is 0 Å². The fourth-order valence-electron chi connectivity index (χ4n) is 0. The van der Waals surface area contributed by atoms with E-state index < -0.39 is 14.2 Å². The van der Waals surface area contributed by atoms with Gasteiger partial charge in [0.25, 0.3) is 0 Å². The summed E-state index contributed by atoms with van der Waals surface area (Å²) in [4.78, 5) is 0. The number of hydrogen-bond acceptors (Lipinski definition) is 2. The molecule has 0 spiro atoms. The van der Waals surface area contributed by atoms with Crippen LogP contribution in [0.25, 0.3) is 0 Å². The molecular weight excluding hydrogens is 255 g/mol. The third-order valence-electron chi connectivity index (χ3n) is 0. The summed E-state index contributed by atoms with van der Waals surface area (Å²) in [6.07, 6.45) is 0. The van der Waals surface area contributed by atoms with Gasteiger partial charge in [-0.3, -0.25) is 0 Å². The Hall–Kier alpha value is -0.120. The van der Waals surface area contributed by atoms with Crippen molar-refractivity contribution in [3.63, 3.8) is 0 Å². The zero-order valence-electron chi connectivity index (χ0n) is 3.98. The fraction of sp³-hybridized carbons (Fsp3) is 0. The van der Waals surface area contributed by atoms with Crippen LogP contribution in [0.2, 0.25) is 0 Å². The van der Waals surface area contributed by atoms with Gasteiger partial charge in [0.1, 0.15) is 0 Å². The number of halogens is 6. The van der Waals surface area contributed by atoms with Crippen LogP contribution in [0.4, 0.5) is 18.1 Å². The summed E-state index contributed by atoms with van der Waals surface area (Å²) in [7, 11) is 0. The maximum atomic E-state index is 10.4. The zero-order chi connectivity index (χ0) is 9.33. The van der Waals surface area contributed by atoms with Crippen LogP contribution in [-0.2, 0) is 20.7 Å². The van der Waals surface area contributed by atoms with E-state index in [9.17, 15) is 18.1 Å². The predicted molar refractivity (Wildman–Crippen MR) is 10.2 cm³/mol. The van der Waals surface area contributed by atoms with Crippen molar-refractivity contribution in [2.24, 2.45) is 0 Å². The second-order valence-electron chi connectivity index (χ2n) is 2.48. The molecule has 0 amide bonds. The van der Waals surface area contributed by atoms with Crippen molar-refractivity contribution in [2.75, 3.05) is 0 Å². The second-order valence-corrected chi connectivity index (χ2v) is 14.7. The molecule has 0 bridgehead atoms. The first kappa shape index (κ1) is 9.88. The van der Waals surface area contributed by atoms with E-state index in [2.05, 4.69) is 0 Å². The van der Waals surface area contributed by atoms with Gasteiger partial charge < -0.3 is 0 Å². The molecule has 0 aromatic carbocycles. The molecule has 1 N–H and O–H groups in total. The molecule has 0 saturated heterocycles. The molecule has 0 rings (SSSR count). The zero-order valence-corrected chi connectivity index (χ0v) is 6.18. The van der Waals surface area contributed by atoms with E-state index in [0.29, 0.717) is 0 Å². The molecular formula is HF6NbO3. The van der Waals surface area contributed by atoms with Crippen LogP contribution in [0.15, 0.2) is 0 Å². The van der Waals surface area contributed by atoms with Gasteiger partial charge in [0, 0.05) is 0 Å². The minimum atomic E-state index is -16.3. The van der Waals surface area contributed by atoms with Crippen molar-refractivity contribution in [3.05, 3.63) is 0 Å². The maximum absolute atomic E-state index is 16.3. The Kier molecular flexibility index (Phi) is 0.423. The molecule has 10 heavy (non-hydrogen) atoms. The van der Waals surface area contributed by atoms with Crippen LogP contribution in [0.3, 0.4) is 0 Å². The molecule has 0 aliphatic heterocycles. The van der Waals surface area contributed by atoms with E-state index in [-0.39, 0.29) is 0 Å². The van der Waals surface area contributed by atoms with Gasteiger partial charge in [-0.25, -0.2) is 0 Å². The molecule has 0 aromatic rings. The topological polar surface area (TPSA) is 54.4 Å². The summed E-state index contributed by atoms with van der Waals surface area (Å²) >= 11 is -16.3. The molecule has 66 valence electrons. The Morgan fingerprint density at radius 3 is 0.800 bits per heavy atom.